The molecule has 1 rings (SSSR count). The van der Waals surface area contributed by atoms with Crippen LogP contribution in [0.3, 0.4) is 0 Å². The first-order chi connectivity index (χ1) is 8.08. The second-order valence-corrected chi connectivity index (χ2v) is 3.37. The highest BCUT2D eigenvalue weighted by Gasteiger charge is 2.10. The highest BCUT2D eigenvalue weighted by atomic mass is 127. The van der Waals surface area contributed by atoms with Crippen molar-refractivity contribution < 1.29 is 13.2 Å². The zero-order valence-electron chi connectivity index (χ0n) is 10.1. The van der Waals surface area contributed by atoms with Gasteiger partial charge in [0.25, 0.3) is 0 Å². The molecule has 0 heterocycles. The number of nitrogens with one attached hydrogen (secondary N) is 2. The van der Waals surface area contributed by atoms with E-state index in [4.69, 9.17) is 0 Å². The van der Waals surface area contributed by atoms with E-state index in [0.717, 1.165) is 12.1 Å². The molecule has 1 aromatic carbocycles. The quantitative estimate of drug-likeness (QED) is 0.368. The van der Waals surface area contributed by atoms with E-state index in [9.17, 15) is 13.2 Å². The lowest BCUT2D eigenvalue weighted by molar-refractivity contribution is 0.445. The van der Waals surface area contributed by atoms with E-state index in [-0.39, 0.29) is 24.0 Å². The van der Waals surface area contributed by atoms with Crippen LogP contribution in [-0.2, 0) is 6.42 Å². The van der Waals surface area contributed by atoms with Crippen LogP contribution in [0.5, 0.6) is 0 Å². The normalized spacial score (nSPS) is 10.8. The van der Waals surface area contributed by atoms with Crippen LogP contribution in [0.25, 0.3) is 0 Å². The Kier molecular flexibility index (Phi) is 7.72. The summed E-state index contributed by atoms with van der Waals surface area (Å²) in [4.78, 5) is 3.87. The molecular weight excluding hydrogens is 358 g/mol. The number of guanidine groups is 1. The van der Waals surface area contributed by atoms with Gasteiger partial charge in [0, 0.05) is 20.6 Å². The molecule has 0 amide bonds. The maximum absolute atomic E-state index is 12.9. The molecule has 0 aromatic heterocycles. The Morgan fingerprint density at radius 3 is 2.22 bits per heavy atom. The highest BCUT2D eigenvalue weighted by Crippen LogP contribution is 2.13. The monoisotopic (exact) mass is 373 g/mol. The van der Waals surface area contributed by atoms with Crippen molar-refractivity contribution in [3.63, 3.8) is 0 Å². The van der Waals surface area contributed by atoms with Crippen LogP contribution in [0.4, 0.5) is 13.2 Å². The zero-order chi connectivity index (χ0) is 12.8. The molecule has 0 saturated carbocycles. The van der Waals surface area contributed by atoms with Crippen molar-refractivity contribution in [2.75, 3.05) is 20.6 Å². The minimum Gasteiger partial charge on any atom is -0.359 e. The van der Waals surface area contributed by atoms with Gasteiger partial charge in [0.2, 0.25) is 0 Å². The van der Waals surface area contributed by atoms with Gasteiger partial charge in [-0.25, -0.2) is 13.2 Å². The highest BCUT2D eigenvalue weighted by molar-refractivity contribution is 14.0. The summed E-state index contributed by atoms with van der Waals surface area (Å²) in [6, 6.07) is 1.98. The largest absolute Gasteiger partial charge is 0.359 e. The van der Waals surface area contributed by atoms with Crippen molar-refractivity contribution >= 4 is 29.9 Å². The summed E-state index contributed by atoms with van der Waals surface area (Å²) in [5.74, 6) is -3.20. The number of hydrogen-bond acceptors (Lipinski definition) is 1. The molecule has 0 aliphatic heterocycles. The number of rotatable bonds is 3. The van der Waals surface area contributed by atoms with Crippen molar-refractivity contribution in [2.45, 2.75) is 6.42 Å². The number of nitrogens with zero attached hydrogens (tertiary/aromatic N) is 1. The summed E-state index contributed by atoms with van der Waals surface area (Å²) in [7, 11) is 3.31. The molecule has 0 aliphatic rings. The lowest BCUT2D eigenvalue weighted by Crippen LogP contribution is -2.35. The van der Waals surface area contributed by atoms with Crippen molar-refractivity contribution in [1.82, 2.24) is 10.6 Å². The molecular formula is C11H15F3IN3. The summed E-state index contributed by atoms with van der Waals surface area (Å²) < 4.78 is 38.4. The third-order valence-electron chi connectivity index (χ3n) is 2.21. The first kappa shape index (κ1) is 17.0. The Morgan fingerprint density at radius 2 is 1.78 bits per heavy atom. The lowest BCUT2D eigenvalue weighted by atomic mass is 10.1. The molecule has 0 saturated heterocycles. The Balaban J connectivity index is 0.00000289. The van der Waals surface area contributed by atoms with E-state index in [1.807, 2.05) is 0 Å². The molecule has 3 nitrogen and oxygen atoms in total. The fraction of sp³-hybridized carbons (Fsp3) is 0.364. The molecule has 0 spiro atoms. The Bertz CT molecular complexity index is 401. The third-order valence-corrected chi connectivity index (χ3v) is 2.21. The van der Waals surface area contributed by atoms with Crippen molar-refractivity contribution in [1.29, 1.82) is 0 Å². The van der Waals surface area contributed by atoms with Gasteiger partial charge in [-0.05, 0) is 24.1 Å². The molecule has 0 bridgehead atoms. The molecule has 1 aromatic rings. The van der Waals surface area contributed by atoms with Gasteiger partial charge in [0.1, 0.15) is 0 Å². The molecule has 0 radical (unpaired) electrons. The average molecular weight is 373 g/mol. The van der Waals surface area contributed by atoms with Crippen LogP contribution < -0.4 is 10.6 Å². The summed E-state index contributed by atoms with van der Waals surface area (Å²) in [5, 5.41) is 5.72. The Hall–Kier alpha value is -0.990. The topological polar surface area (TPSA) is 36.4 Å². The van der Waals surface area contributed by atoms with Gasteiger partial charge in [0.05, 0.1) is 0 Å². The first-order valence-corrected chi connectivity index (χ1v) is 5.10. The van der Waals surface area contributed by atoms with Crippen molar-refractivity contribution in [3.05, 3.63) is 35.1 Å². The predicted octanol–water partition coefficient (Wildman–Crippen LogP) is 2.06. The van der Waals surface area contributed by atoms with Crippen LogP contribution in [0.1, 0.15) is 5.56 Å². The Labute approximate surface area is 121 Å². The third kappa shape index (κ3) is 4.71. The van der Waals surface area contributed by atoms with E-state index in [0.29, 0.717) is 24.5 Å². The molecule has 102 valence electrons. The fourth-order valence-electron chi connectivity index (χ4n) is 1.36. The molecule has 0 unspecified atom stereocenters. The minimum atomic E-state index is -1.44. The molecule has 7 heteroatoms. The summed E-state index contributed by atoms with van der Waals surface area (Å²) in [6.07, 6.45) is 0.370. The van der Waals surface area contributed by atoms with Gasteiger partial charge in [-0.2, -0.15) is 0 Å². The Morgan fingerprint density at radius 1 is 1.22 bits per heavy atom. The fourth-order valence-corrected chi connectivity index (χ4v) is 1.36. The number of halogens is 4. The van der Waals surface area contributed by atoms with Gasteiger partial charge in [0.15, 0.2) is 23.4 Å². The smallest absolute Gasteiger partial charge is 0.194 e. The maximum Gasteiger partial charge on any atom is 0.194 e. The minimum absolute atomic E-state index is 0. The summed E-state index contributed by atoms with van der Waals surface area (Å²) >= 11 is 0. The SMILES string of the molecule is CN=C(NC)NCCc1cc(F)c(F)c(F)c1.I. The molecule has 0 aliphatic carbocycles. The molecule has 0 atom stereocenters. The van der Waals surface area contributed by atoms with Gasteiger partial charge < -0.3 is 10.6 Å². The van der Waals surface area contributed by atoms with Gasteiger partial charge in [-0.3, -0.25) is 4.99 Å². The maximum atomic E-state index is 12.9. The summed E-state index contributed by atoms with van der Waals surface area (Å²) in [6.45, 7) is 0.442. The van der Waals surface area contributed by atoms with Gasteiger partial charge in [-0.15, -0.1) is 24.0 Å². The number of hydrogen-bond donors (Lipinski definition) is 2. The van der Waals surface area contributed by atoms with Crippen LogP contribution in [0, 0.1) is 17.5 Å². The zero-order valence-corrected chi connectivity index (χ0v) is 12.4. The van der Waals surface area contributed by atoms with Crippen molar-refractivity contribution in [2.24, 2.45) is 4.99 Å². The second-order valence-electron chi connectivity index (χ2n) is 3.37. The van der Waals surface area contributed by atoms with Crippen LogP contribution >= 0.6 is 24.0 Å². The van der Waals surface area contributed by atoms with E-state index in [1.165, 1.54) is 0 Å². The predicted molar refractivity (Wildman–Crippen MR) is 75.9 cm³/mol. The first-order valence-electron chi connectivity index (χ1n) is 5.10. The van der Waals surface area contributed by atoms with Crippen LogP contribution in [0.2, 0.25) is 0 Å². The second kappa shape index (κ2) is 8.17. The molecule has 18 heavy (non-hydrogen) atoms. The molecule has 2 N–H and O–H groups in total. The van der Waals surface area contributed by atoms with Crippen LogP contribution in [-0.4, -0.2) is 26.6 Å². The van der Waals surface area contributed by atoms with Gasteiger partial charge >= 0.3 is 0 Å². The van der Waals surface area contributed by atoms with E-state index < -0.39 is 17.5 Å². The van der Waals surface area contributed by atoms with Gasteiger partial charge in [-0.1, -0.05) is 0 Å². The average Bonchev–Trinajstić information content (AvgIpc) is 2.31. The van der Waals surface area contributed by atoms with Crippen molar-refractivity contribution in [3.8, 4) is 0 Å². The van der Waals surface area contributed by atoms with Crippen LogP contribution in [0.15, 0.2) is 17.1 Å². The number of aliphatic imine (C=N–C) groups is 1. The standard InChI is InChI=1S/C11H14F3N3.HI/c1-15-11(16-2)17-4-3-7-5-8(12)10(14)9(13)6-7;/h5-6H,3-4H2,1-2H3,(H2,15,16,17);1H. The summed E-state index contributed by atoms with van der Waals surface area (Å²) in [5.41, 5.74) is 0.389. The lowest BCUT2D eigenvalue weighted by Gasteiger charge is -2.08. The van der Waals surface area contributed by atoms with E-state index >= 15 is 0 Å². The van der Waals surface area contributed by atoms with E-state index in [2.05, 4.69) is 15.6 Å². The number of benzene rings is 1. The van der Waals surface area contributed by atoms with E-state index in [1.54, 1.807) is 14.1 Å². The molecule has 0 fully saturated rings.